The van der Waals surface area contributed by atoms with Crippen LogP contribution in [0.3, 0.4) is 0 Å². The first-order valence-corrected chi connectivity index (χ1v) is 5.50. The lowest BCUT2D eigenvalue weighted by Crippen LogP contribution is -2.27. The summed E-state index contributed by atoms with van der Waals surface area (Å²) in [5.41, 5.74) is 1.21. The molecular formula is C12H20N2O. The Bertz CT molecular complexity index is 262. The number of rotatable bonds is 6. The van der Waals surface area contributed by atoms with Gasteiger partial charge in [-0.25, -0.2) is 0 Å². The van der Waals surface area contributed by atoms with Crippen LogP contribution in [0, 0.1) is 5.92 Å². The number of nitrogens with one attached hydrogen (secondary N) is 1. The van der Waals surface area contributed by atoms with Gasteiger partial charge in [0.2, 0.25) is 0 Å². The molecule has 0 aliphatic rings. The second-order valence-corrected chi connectivity index (χ2v) is 4.04. The first-order valence-electron chi connectivity index (χ1n) is 5.50. The lowest BCUT2D eigenvalue weighted by Gasteiger charge is -2.22. The molecule has 1 unspecified atom stereocenters. The minimum absolute atomic E-state index is 0.241. The second kappa shape index (κ2) is 6.53. The van der Waals surface area contributed by atoms with Crippen molar-refractivity contribution < 1.29 is 5.11 Å². The average Bonchev–Trinajstić information content (AvgIpc) is 2.25. The first kappa shape index (κ1) is 12.1. The summed E-state index contributed by atoms with van der Waals surface area (Å²) in [7, 11) is 0. The number of pyridine rings is 1. The van der Waals surface area contributed by atoms with Gasteiger partial charge in [-0.3, -0.25) is 4.98 Å². The van der Waals surface area contributed by atoms with Crippen LogP contribution in [0.5, 0.6) is 0 Å². The van der Waals surface area contributed by atoms with Gasteiger partial charge in [-0.2, -0.15) is 0 Å². The zero-order valence-corrected chi connectivity index (χ0v) is 9.48. The molecule has 2 N–H and O–H groups in total. The smallest absolute Gasteiger partial charge is 0.0443 e. The van der Waals surface area contributed by atoms with E-state index in [1.54, 1.807) is 6.20 Å². The molecule has 0 amide bonds. The van der Waals surface area contributed by atoms with Gasteiger partial charge in [0.25, 0.3) is 0 Å². The highest BCUT2D eigenvalue weighted by atomic mass is 16.3. The molecule has 1 atom stereocenters. The van der Waals surface area contributed by atoms with Gasteiger partial charge in [0.1, 0.15) is 0 Å². The highest BCUT2D eigenvalue weighted by Crippen LogP contribution is 2.20. The minimum Gasteiger partial charge on any atom is -0.396 e. The van der Waals surface area contributed by atoms with Crippen molar-refractivity contribution in [3.8, 4) is 0 Å². The fraction of sp³-hybridized carbons (Fsp3) is 0.583. The fourth-order valence-corrected chi connectivity index (χ4v) is 1.64. The van der Waals surface area contributed by atoms with Gasteiger partial charge in [-0.05, 0) is 30.5 Å². The monoisotopic (exact) mass is 208 g/mol. The summed E-state index contributed by atoms with van der Waals surface area (Å²) in [6.45, 7) is 5.45. The van der Waals surface area contributed by atoms with Crippen LogP contribution in [-0.2, 0) is 0 Å². The van der Waals surface area contributed by atoms with Gasteiger partial charge in [-0.15, -0.1) is 0 Å². The quantitative estimate of drug-likeness (QED) is 0.700. The molecule has 15 heavy (non-hydrogen) atoms. The van der Waals surface area contributed by atoms with Crippen molar-refractivity contribution in [1.29, 1.82) is 0 Å². The highest BCUT2D eigenvalue weighted by Gasteiger charge is 2.14. The summed E-state index contributed by atoms with van der Waals surface area (Å²) in [5.74, 6) is 0.521. The van der Waals surface area contributed by atoms with Crippen LogP contribution in [0.15, 0.2) is 24.5 Å². The van der Waals surface area contributed by atoms with Crippen molar-refractivity contribution in [2.75, 3.05) is 13.2 Å². The molecule has 0 aromatic carbocycles. The van der Waals surface area contributed by atoms with Crippen molar-refractivity contribution >= 4 is 0 Å². The van der Waals surface area contributed by atoms with Gasteiger partial charge < -0.3 is 10.4 Å². The minimum atomic E-state index is 0.241. The Labute approximate surface area is 91.5 Å². The molecule has 0 fully saturated rings. The highest BCUT2D eigenvalue weighted by molar-refractivity contribution is 5.14. The van der Waals surface area contributed by atoms with E-state index < -0.39 is 0 Å². The van der Waals surface area contributed by atoms with E-state index in [1.807, 2.05) is 12.3 Å². The lowest BCUT2D eigenvalue weighted by molar-refractivity contribution is 0.279. The Morgan fingerprint density at radius 2 is 2.27 bits per heavy atom. The molecule has 0 bridgehead atoms. The van der Waals surface area contributed by atoms with Crippen LogP contribution in [0.1, 0.15) is 31.9 Å². The van der Waals surface area contributed by atoms with Crippen molar-refractivity contribution in [3.63, 3.8) is 0 Å². The maximum atomic E-state index is 8.74. The van der Waals surface area contributed by atoms with Gasteiger partial charge >= 0.3 is 0 Å². The summed E-state index contributed by atoms with van der Waals surface area (Å²) >= 11 is 0. The van der Waals surface area contributed by atoms with E-state index in [0.29, 0.717) is 12.0 Å². The largest absolute Gasteiger partial charge is 0.396 e. The molecule has 0 spiro atoms. The molecule has 0 saturated carbocycles. The van der Waals surface area contributed by atoms with Crippen molar-refractivity contribution in [2.45, 2.75) is 26.3 Å². The van der Waals surface area contributed by atoms with Crippen LogP contribution in [0.2, 0.25) is 0 Å². The summed E-state index contributed by atoms with van der Waals surface area (Å²) in [6, 6.07) is 4.37. The van der Waals surface area contributed by atoms with Crippen LogP contribution in [-0.4, -0.2) is 23.2 Å². The maximum absolute atomic E-state index is 8.74. The van der Waals surface area contributed by atoms with E-state index in [9.17, 15) is 0 Å². The Morgan fingerprint density at radius 1 is 1.47 bits per heavy atom. The molecular weight excluding hydrogens is 188 g/mol. The molecule has 1 rings (SSSR count). The predicted molar refractivity (Wildman–Crippen MR) is 61.5 cm³/mol. The fourth-order valence-electron chi connectivity index (χ4n) is 1.64. The lowest BCUT2D eigenvalue weighted by atomic mass is 9.97. The molecule has 3 nitrogen and oxygen atoms in total. The molecule has 1 aromatic heterocycles. The van der Waals surface area contributed by atoms with Crippen molar-refractivity contribution in [2.24, 2.45) is 5.92 Å². The molecule has 84 valence electrons. The predicted octanol–water partition coefficient (Wildman–Crippen LogP) is 1.75. The summed E-state index contributed by atoms with van der Waals surface area (Å²) < 4.78 is 0. The zero-order chi connectivity index (χ0) is 11.1. The van der Waals surface area contributed by atoms with Crippen LogP contribution in [0.25, 0.3) is 0 Å². The van der Waals surface area contributed by atoms with Gasteiger partial charge in [-0.1, -0.05) is 19.9 Å². The number of aliphatic hydroxyl groups excluding tert-OH is 1. The third-order valence-corrected chi connectivity index (χ3v) is 2.41. The average molecular weight is 208 g/mol. The summed E-state index contributed by atoms with van der Waals surface area (Å²) in [4.78, 5) is 4.13. The number of hydrogen-bond acceptors (Lipinski definition) is 3. The molecule has 0 aliphatic heterocycles. The Balaban J connectivity index is 2.58. The third kappa shape index (κ3) is 3.98. The zero-order valence-electron chi connectivity index (χ0n) is 9.48. The van der Waals surface area contributed by atoms with E-state index in [2.05, 4.69) is 30.2 Å². The molecule has 1 aromatic rings. The van der Waals surface area contributed by atoms with Crippen LogP contribution >= 0.6 is 0 Å². The van der Waals surface area contributed by atoms with E-state index in [1.165, 1.54) is 5.56 Å². The van der Waals surface area contributed by atoms with Crippen LogP contribution < -0.4 is 5.32 Å². The SMILES string of the molecule is CC(C)C(NCCCO)c1cccnc1. The topological polar surface area (TPSA) is 45.1 Å². The number of aromatic nitrogens is 1. The number of nitrogens with zero attached hydrogens (tertiary/aromatic N) is 1. The van der Waals surface area contributed by atoms with Gasteiger partial charge in [0.05, 0.1) is 0 Å². The van der Waals surface area contributed by atoms with Crippen LogP contribution in [0.4, 0.5) is 0 Å². The Kier molecular flexibility index (Phi) is 5.29. The number of hydrogen-bond donors (Lipinski definition) is 2. The Morgan fingerprint density at radius 3 is 2.80 bits per heavy atom. The molecule has 0 aliphatic carbocycles. The van der Waals surface area contributed by atoms with Crippen molar-refractivity contribution in [1.82, 2.24) is 10.3 Å². The number of aliphatic hydroxyl groups is 1. The Hall–Kier alpha value is -0.930. The van der Waals surface area contributed by atoms with E-state index in [4.69, 9.17) is 5.11 Å². The van der Waals surface area contributed by atoms with Crippen molar-refractivity contribution in [3.05, 3.63) is 30.1 Å². The van der Waals surface area contributed by atoms with E-state index in [0.717, 1.165) is 13.0 Å². The third-order valence-electron chi connectivity index (χ3n) is 2.41. The van der Waals surface area contributed by atoms with E-state index >= 15 is 0 Å². The summed E-state index contributed by atoms with van der Waals surface area (Å²) in [6.07, 6.45) is 4.48. The molecule has 1 heterocycles. The van der Waals surface area contributed by atoms with E-state index in [-0.39, 0.29) is 6.61 Å². The normalized spacial score (nSPS) is 13.1. The second-order valence-electron chi connectivity index (χ2n) is 4.04. The van der Waals surface area contributed by atoms with Gasteiger partial charge in [0, 0.05) is 25.0 Å². The first-order chi connectivity index (χ1) is 7.25. The maximum Gasteiger partial charge on any atom is 0.0443 e. The molecule has 0 radical (unpaired) electrons. The standard InChI is InChI=1S/C12H20N2O/c1-10(2)12(14-7-4-8-15)11-5-3-6-13-9-11/h3,5-6,9-10,12,14-15H,4,7-8H2,1-2H3. The van der Waals surface area contributed by atoms with Gasteiger partial charge in [0.15, 0.2) is 0 Å². The molecule has 3 heteroatoms. The molecule has 0 saturated heterocycles. The summed E-state index contributed by atoms with van der Waals surface area (Å²) in [5, 5.41) is 12.2.